The van der Waals surface area contributed by atoms with E-state index in [2.05, 4.69) is 50.1 Å². The summed E-state index contributed by atoms with van der Waals surface area (Å²) >= 11 is 0. The molecule has 2 aliphatic heterocycles. The molecule has 2 aliphatic rings. The largest absolute Gasteiger partial charge is 0.490 e. The number of halogens is 2. The number of hydrogen-bond acceptors (Lipinski definition) is 9. The van der Waals surface area contributed by atoms with Crippen LogP contribution in [0.5, 0.6) is 5.75 Å². The average molecular weight is 572 g/mol. The number of amides is 1. The minimum absolute atomic E-state index is 0.0409. The maximum Gasteiger partial charge on any atom is 0.405 e. The van der Waals surface area contributed by atoms with Crippen molar-refractivity contribution in [2.24, 2.45) is 11.8 Å². The summed E-state index contributed by atoms with van der Waals surface area (Å²) in [5.74, 6) is -0.0466. The first-order chi connectivity index (χ1) is 19.7. The van der Waals surface area contributed by atoms with Gasteiger partial charge in [0, 0.05) is 29.7 Å². The molecule has 4 heterocycles. The van der Waals surface area contributed by atoms with Gasteiger partial charge >= 0.3 is 6.09 Å². The van der Waals surface area contributed by atoms with E-state index in [9.17, 15) is 18.7 Å². The fraction of sp³-hybridized carbons (Fsp3) is 0.536. The van der Waals surface area contributed by atoms with Crippen LogP contribution in [-0.2, 0) is 11.0 Å². The van der Waals surface area contributed by atoms with Gasteiger partial charge in [-0.1, -0.05) is 13.8 Å². The summed E-state index contributed by atoms with van der Waals surface area (Å²) in [7, 11) is 0. The first-order valence-electron chi connectivity index (χ1n) is 13.8. The Morgan fingerprint density at radius 2 is 2.10 bits per heavy atom. The van der Waals surface area contributed by atoms with E-state index in [1.807, 2.05) is 0 Å². The van der Waals surface area contributed by atoms with Crippen LogP contribution in [0.25, 0.3) is 0 Å². The number of benzene rings is 1. The van der Waals surface area contributed by atoms with Crippen molar-refractivity contribution in [1.82, 2.24) is 36.3 Å². The lowest BCUT2D eigenvalue weighted by atomic mass is 9.63. The van der Waals surface area contributed by atoms with Crippen LogP contribution < -0.4 is 20.7 Å². The molecule has 4 N–H and O–H groups in total. The molecule has 5 rings (SSSR count). The van der Waals surface area contributed by atoms with E-state index in [1.165, 1.54) is 6.20 Å². The number of nitrogens with one attached hydrogen (secondary N) is 3. The number of nitrogens with zero attached hydrogens (tertiary/aromatic N) is 4. The van der Waals surface area contributed by atoms with E-state index in [0.717, 1.165) is 43.5 Å². The van der Waals surface area contributed by atoms with Gasteiger partial charge in [-0.2, -0.15) is 0 Å². The second-order valence-corrected chi connectivity index (χ2v) is 11.2. The van der Waals surface area contributed by atoms with Crippen molar-refractivity contribution in [3.8, 4) is 5.75 Å². The molecular formula is C28H35F2N7O4. The maximum absolute atomic E-state index is 14.8. The lowest BCUT2D eigenvalue weighted by molar-refractivity contribution is 0.0899. The van der Waals surface area contributed by atoms with Gasteiger partial charge in [0.15, 0.2) is 17.3 Å². The Morgan fingerprint density at radius 1 is 1.27 bits per heavy atom. The smallest absolute Gasteiger partial charge is 0.405 e. The molecule has 0 saturated carbocycles. The maximum atomic E-state index is 14.8. The van der Waals surface area contributed by atoms with E-state index < -0.39 is 29.2 Å². The van der Waals surface area contributed by atoms with Crippen LogP contribution in [-0.4, -0.2) is 64.3 Å². The molecule has 1 amide bonds. The topological polar surface area (TPSA) is 147 Å². The molecule has 41 heavy (non-hydrogen) atoms. The summed E-state index contributed by atoms with van der Waals surface area (Å²) in [6, 6.07) is 3.14. The van der Waals surface area contributed by atoms with Gasteiger partial charge in [-0.15, -0.1) is 5.10 Å². The Hall–Kier alpha value is -3.71. The number of hydrogen-bond donors (Lipinski definition) is 4. The van der Waals surface area contributed by atoms with Gasteiger partial charge < -0.3 is 30.3 Å². The highest BCUT2D eigenvalue weighted by atomic mass is 19.1. The zero-order valence-electron chi connectivity index (χ0n) is 23.3. The minimum atomic E-state index is -1.42. The van der Waals surface area contributed by atoms with Crippen molar-refractivity contribution < 1.29 is 27.9 Å². The lowest BCUT2D eigenvalue weighted by Gasteiger charge is -2.44. The Kier molecular flexibility index (Phi) is 8.18. The van der Waals surface area contributed by atoms with Crippen molar-refractivity contribution in [3.63, 3.8) is 0 Å². The van der Waals surface area contributed by atoms with E-state index in [-0.39, 0.29) is 35.8 Å². The lowest BCUT2D eigenvalue weighted by Crippen LogP contribution is -2.51. The van der Waals surface area contributed by atoms with Crippen LogP contribution in [0.15, 0.2) is 35.1 Å². The number of aromatic nitrogens is 4. The number of piperidine rings is 1. The molecule has 0 radical (unpaired) electrons. The second-order valence-electron chi connectivity index (χ2n) is 11.2. The first kappa shape index (κ1) is 28.8. The van der Waals surface area contributed by atoms with E-state index in [4.69, 9.17) is 9.26 Å². The van der Waals surface area contributed by atoms with Crippen LogP contribution in [0, 0.1) is 30.4 Å². The fourth-order valence-corrected chi connectivity index (χ4v) is 6.59. The van der Waals surface area contributed by atoms with Crippen molar-refractivity contribution in [2.45, 2.75) is 50.5 Å². The van der Waals surface area contributed by atoms with Crippen molar-refractivity contribution in [2.75, 3.05) is 32.8 Å². The highest BCUT2D eigenvalue weighted by Gasteiger charge is 2.50. The Morgan fingerprint density at radius 3 is 2.80 bits per heavy atom. The van der Waals surface area contributed by atoms with Gasteiger partial charge in [0.05, 0.1) is 24.7 Å². The van der Waals surface area contributed by atoms with Gasteiger partial charge in [0.25, 0.3) is 0 Å². The molecule has 13 heteroatoms. The normalized spacial score (nSPS) is 26.3. The third-order valence-electron chi connectivity index (χ3n) is 8.63. The van der Waals surface area contributed by atoms with Crippen LogP contribution >= 0.6 is 0 Å². The van der Waals surface area contributed by atoms with Crippen molar-refractivity contribution in [3.05, 3.63) is 65.1 Å². The minimum Gasteiger partial charge on any atom is -0.490 e. The second kappa shape index (κ2) is 11.6. The predicted molar refractivity (Wildman–Crippen MR) is 143 cm³/mol. The predicted octanol–water partition coefficient (Wildman–Crippen LogP) is 3.27. The first-order valence-corrected chi connectivity index (χ1v) is 13.8. The highest BCUT2D eigenvalue weighted by molar-refractivity contribution is 5.66. The summed E-state index contributed by atoms with van der Waals surface area (Å²) in [5.41, 5.74) is -1.19. The third kappa shape index (κ3) is 5.47. The monoisotopic (exact) mass is 571 g/mol. The molecule has 0 spiro atoms. The third-order valence-corrected chi connectivity index (χ3v) is 8.63. The van der Waals surface area contributed by atoms with Gasteiger partial charge in [0.1, 0.15) is 17.2 Å². The summed E-state index contributed by atoms with van der Waals surface area (Å²) in [6.07, 6.45) is 3.37. The molecule has 4 atom stereocenters. The molecule has 2 fully saturated rings. The van der Waals surface area contributed by atoms with E-state index in [0.29, 0.717) is 30.4 Å². The van der Waals surface area contributed by atoms with E-state index in [1.54, 1.807) is 13.1 Å². The highest BCUT2D eigenvalue weighted by Crippen LogP contribution is 2.44. The number of ether oxygens (including phenoxy) is 1. The number of carboxylic acid groups (broad SMARTS) is 1. The van der Waals surface area contributed by atoms with Gasteiger partial charge in [-0.3, -0.25) is 0 Å². The quantitative estimate of drug-likeness (QED) is 0.302. The van der Waals surface area contributed by atoms with Crippen LogP contribution in [0.1, 0.15) is 55.4 Å². The van der Waals surface area contributed by atoms with Gasteiger partial charge in [-0.05, 0) is 68.5 Å². The molecule has 2 saturated heterocycles. The van der Waals surface area contributed by atoms with Crippen molar-refractivity contribution in [1.29, 1.82) is 0 Å². The van der Waals surface area contributed by atoms with Crippen molar-refractivity contribution >= 4 is 6.09 Å². The number of carbonyl (C=O) groups is 1. The summed E-state index contributed by atoms with van der Waals surface area (Å²) in [5, 5.41) is 26.5. The molecule has 3 aromatic rings. The molecule has 11 nitrogen and oxygen atoms in total. The summed E-state index contributed by atoms with van der Waals surface area (Å²) < 4.78 is 40.7. The van der Waals surface area contributed by atoms with Crippen LogP contribution in [0.4, 0.5) is 13.6 Å². The van der Waals surface area contributed by atoms with Gasteiger partial charge in [-0.25, -0.2) is 23.5 Å². The van der Waals surface area contributed by atoms with Crippen LogP contribution in [0.2, 0.25) is 0 Å². The van der Waals surface area contributed by atoms with Crippen LogP contribution in [0.3, 0.4) is 0 Å². The molecule has 1 aromatic carbocycles. The summed E-state index contributed by atoms with van der Waals surface area (Å²) in [4.78, 5) is 21.0. The molecular weight excluding hydrogens is 536 g/mol. The molecule has 220 valence electrons. The molecule has 0 bridgehead atoms. The molecule has 1 unspecified atom stereocenters. The Bertz CT molecular complexity index is 1380. The molecule has 2 aromatic heterocycles. The number of aryl methyl sites for hydroxylation is 1. The fourth-order valence-electron chi connectivity index (χ4n) is 6.59. The van der Waals surface area contributed by atoms with Gasteiger partial charge in [0.2, 0.25) is 0 Å². The average Bonchev–Trinajstić information content (AvgIpc) is 3.62. The summed E-state index contributed by atoms with van der Waals surface area (Å²) in [6.45, 7) is 8.45. The zero-order valence-corrected chi connectivity index (χ0v) is 23.3. The number of rotatable bonds is 9. The Labute approximate surface area is 236 Å². The Balaban J connectivity index is 1.40. The standard InChI is InChI=1S/C28H35F2N7O4/c1-16(2)20-11-31-8-6-27(20,24-14-34-37-41-24)7-9-40-23-13-33-25(35-17(23)3)28(36-26(38)39)15-32-12-21(28)19-10-18(29)4-5-22(19)30/h4-5,10,13-14,16,20-21,31-32,36H,6-9,11-12,15H2,1-3H3,(H,38,39)/t20?,21-,27+,28+/m1/s1. The van der Waals surface area contributed by atoms with E-state index >= 15 is 0 Å². The molecule has 0 aliphatic carbocycles. The SMILES string of the molecule is Cc1nc([C@]2(NC(=O)O)CNC[C@@H]2c2cc(F)ccc2F)ncc1OCC[C@@]1(c2cnno2)CCNCC1C(C)C. The zero-order chi connectivity index (χ0) is 29.2.